The van der Waals surface area contributed by atoms with Crippen molar-refractivity contribution in [2.45, 2.75) is 12.1 Å². The number of benzene rings is 2. The second-order valence-corrected chi connectivity index (χ2v) is 5.18. The number of alkyl halides is 5. The Balaban J connectivity index is 2.96. The first-order valence-electron chi connectivity index (χ1n) is 7.01. The van der Waals surface area contributed by atoms with E-state index in [1.54, 1.807) is 12.1 Å². The van der Waals surface area contributed by atoms with Crippen LogP contribution in [-0.4, -0.2) is 19.3 Å². The molecule has 2 aromatic rings. The zero-order valence-electron chi connectivity index (χ0n) is 13.2. The number of carbonyl (C=O) groups excluding carboxylic acids is 1. The number of nitriles is 1. The molecule has 0 heterocycles. The highest BCUT2D eigenvalue weighted by molar-refractivity contribution is 6.00. The third-order valence-electron chi connectivity index (χ3n) is 3.65. The maximum Gasteiger partial charge on any atom is 0.458 e. The topological polar surface area (TPSA) is 76.1 Å². The lowest BCUT2D eigenvalue weighted by Gasteiger charge is -2.24. The van der Waals surface area contributed by atoms with Gasteiger partial charge in [0.1, 0.15) is 6.07 Å². The van der Waals surface area contributed by atoms with E-state index in [9.17, 15) is 32.0 Å². The molecule has 2 N–H and O–H groups in total. The van der Waals surface area contributed by atoms with Gasteiger partial charge in [0.2, 0.25) is 0 Å². The van der Waals surface area contributed by atoms with Gasteiger partial charge in [-0.15, -0.1) is 0 Å². The quantitative estimate of drug-likeness (QED) is 0.498. The SMILES string of the molecule is COC(=O)c1c(C(F)(F)C(F)(F)F)cc(-c2ccccc2)c(C#N)c1N. The van der Waals surface area contributed by atoms with Gasteiger partial charge in [-0.05, 0) is 11.6 Å². The summed E-state index contributed by atoms with van der Waals surface area (Å²) in [5.74, 6) is -6.89. The van der Waals surface area contributed by atoms with Crippen LogP contribution in [-0.2, 0) is 10.7 Å². The number of halogens is 5. The molecule has 0 aliphatic rings. The van der Waals surface area contributed by atoms with Crippen LogP contribution >= 0.6 is 0 Å². The number of hydrogen-bond donors (Lipinski definition) is 1. The maximum absolute atomic E-state index is 14.1. The molecule has 0 spiro atoms. The summed E-state index contributed by atoms with van der Waals surface area (Å²) in [6.45, 7) is 0. The minimum absolute atomic E-state index is 0.186. The van der Waals surface area contributed by atoms with Crippen molar-refractivity contribution in [3.05, 3.63) is 53.1 Å². The number of carbonyl (C=O) groups is 1. The highest BCUT2D eigenvalue weighted by Gasteiger charge is 2.60. The summed E-state index contributed by atoms with van der Waals surface area (Å²) in [5.41, 5.74) is 1.49. The number of anilines is 1. The molecule has 2 aromatic carbocycles. The van der Waals surface area contributed by atoms with E-state index < -0.39 is 40.4 Å². The van der Waals surface area contributed by atoms with Crippen molar-refractivity contribution in [1.29, 1.82) is 5.26 Å². The van der Waals surface area contributed by atoms with E-state index in [1.807, 2.05) is 0 Å². The summed E-state index contributed by atoms with van der Waals surface area (Å²) in [7, 11) is 0.800. The number of hydrogen-bond acceptors (Lipinski definition) is 4. The summed E-state index contributed by atoms with van der Waals surface area (Å²) < 4.78 is 71.1. The van der Waals surface area contributed by atoms with Crippen LogP contribution in [0.1, 0.15) is 21.5 Å². The van der Waals surface area contributed by atoms with E-state index in [0.29, 0.717) is 6.07 Å². The van der Waals surface area contributed by atoms with Crippen LogP contribution < -0.4 is 5.73 Å². The van der Waals surface area contributed by atoms with Gasteiger partial charge in [0.05, 0.1) is 23.9 Å². The van der Waals surface area contributed by atoms with Crippen molar-refractivity contribution in [3.63, 3.8) is 0 Å². The van der Waals surface area contributed by atoms with Crippen molar-refractivity contribution in [2.24, 2.45) is 0 Å². The van der Waals surface area contributed by atoms with Gasteiger partial charge in [0.25, 0.3) is 0 Å². The largest absolute Gasteiger partial charge is 0.465 e. The number of methoxy groups -OCH3 is 1. The molecule has 0 amide bonds. The number of rotatable bonds is 3. The van der Waals surface area contributed by atoms with Gasteiger partial charge in [-0.1, -0.05) is 30.3 Å². The third-order valence-corrected chi connectivity index (χ3v) is 3.65. The number of ether oxygens (including phenoxy) is 1. The fourth-order valence-electron chi connectivity index (χ4n) is 2.39. The predicted octanol–water partition coefficient (Wildman–Crippen LogP) is 4.25. The molecule has 0 saturated carbocycles. The van der Waals surface area contributed by atoms with Crippen LogP contribution in [0.25, 0.3) is 11.1 Å². The average molecular weight is 370 g/mol. The smallest absolute Gasteiger partial charge is 0.458 e. The molecule has 2 rings (SSSR count). The Kier molecular flexibility index (Phi) is 4.89. The molecule has 0 saturated heterocycles. The lowest BCUT2D eigenvalue weighted by atomic mass is 9.89. The van der Waals surface area contributed by atoms with Gasteiger partial charge in [0.15, 0.2) is 0 Å². The molecular weight excluding hydrogens is 359 g/mol. The van der Waals surface area contributed by atoms with Crippen molar-refractivity contribution < 1.29 is 31.5 Å². The Hall–Kier alpha value is -3.15. The average Bonchev–Trinajstić information content (AvgIpc) is 2.59. The summed E-state index contributed by atoms with van der Waals surface area (Å²) in [4.78, 5) is 11.8. The molecule has 26 heavy (non-hydrogen) atoms. The van der Waals surface area contributed by atoms with E-state index in [4.69, 9.17) is 5.73 Å². The Morgan fingerprint density at radius 3 is 2.19 bits per heavy atom. The number of esters is 1. The van der Waals surface area contributed by atoms with Crippen LogP contribution in [0.3, 0.4) is 0 Å². The number of nitrogen functional groups attached to an aromatic ring is 1. The molecular formula is C17H11F5N2O2. The predicted molar refractivity (Wildman–Crippen MR) is 82.3 cm³/mol. The lowest BCUT2D eigenvalue weighted by Crippen LogP contribution is -2.36. The van der Waals surface area contributed by atoms with Crippen LogP contribution in [0.4, 0.5) is 27.6 Å². The molecule has 0 atom stereocenters. The van der Waals surface area contributed by atoms with E-state index >= 15 is 0 Å². The molecule has 0 fully saturated rings. The van der Waals surface area contributed by atoms with Gasteiger partial charge < -0.3 is 10.5 Å². The van der Waals surface area contributed by atoms with Gasteiger partial charge >= 0.3 is 18.1 Å². The summed E-state index contributed by atoms with van der Waals surface area (Å²) >= 11 is 0. The minimum atomic E-state index is -5.98. The number of nitrogens with zero attached hydrogens (tertiary/aromatic N) is 1. The van der Waals surface area contributed by atoms with E-state index in [0.717, 1.165) is 7.11 Å². The van der Waals surface area contributed by atoms with Crippen molar-refractivity contribution in [2.75, 3.05) is 12.8 Å². The van der Waals surface area contributed by atoms with E-state index in [-0.39, 0.29) is 11.1 Å². The first-order valence-corrected chi connectivity index (χ1v) is 7.01. The summed E-state index contributed by atoms with van der Waals surface area (Å²) in [5, 5.41) is 9.30. The highest BCUT2D eigenvalue weighted by Crippen LogP contribution is 2.48. The summed E-state index contributed by atoms with van der Waals surface area (Å²) in [6, 6.07) is 9.50. The second-order valence-electron chi connectivity index (χ2n) is 5.18. The zero-order valence-corrected chi connectivity index (χ0v) is 13.2. The molecule has 0 aliphatic carbocycles. The van der Waals surface area contributed by atoms with Crippen LogP contribution in [0.5, 0.6) is 0 Å². The van der Waals surface area contributed by atoms with Gasteiger partial charge in [-0.2, -0.15) is 27.2 Å². The molecule has 136 valence electrons. The van der Waals surface area contributed by atoms with Crippen molar-refractivity contribution in [3.8, 4) is 17.2 Å². The van der Waals surface area contributed by atoms with Crippen LogP contribution in [0.15, 0.2) is 36.4 Å². The Morgan fingerprint density at radius 2 is 1.73 bits per heavy atom. The third kappa shape index (κ3) is 3.06. The first kappa shape index (κ1) is 19.2. The van der Waals surface area contributed by atoms with E-state index in [1.165, 1.54) is 24.3 Å². The fraction of sp³-hybridized carbons (Fsp3) is 0.176. The molecule has 0 radical (unpaired) electrons. The Morgan fingerprint density at radius 1 is 1.15 bits per heavy atom. The van der Waals surface area contributed by atoms with Crippen LogP contribution in [0, 0.1) is 11.3 Å². The molecule has 0 unspecified atom stereocenters. The molecule has 0 bridgehead atoms. The minimum Gasteiger partial charge on any atom is -0.465 e. The highest BCUT2D eigenvalue weighted by atomic mass is 19.4. The lowest BCUT2D eigenvalue weighted by molar-refractivity contribution is -0.289. The monoisotopic (exact) mass is 370 g/mol. The first-order chi connectivity index (χ1) is 12.1. The second kappa shape index (κ2) is 6.63. The molecule has 0 aromatic heterocycles. The molecule has 9 heteroatoms. The van der Waals surface area contributed by atoms with E-state index in [2.05, 4.69) is 4.74 Å². The van der Waals surface area contributed by atoms with Gasteiger partial charge in [-0.25, -0.2) is 4.79 Å². The Labute approximate surface area is 144 Å². The van der Waals surface area contributed by atoms with Crippen molar-refractivity contribution >= 4 is 11.7 Å². The maximum atomic E-state index is 14.1. The summed E-state index contributed by atoms with van der Waals surface area (Å²) in [6.07, 6.45) is -5.98. The zero-order chi connectivity index (χ0) is 19.7. The van der Waals surface area contributed by atoms with Gasteiger partial charge in [0, 0.05) is 11.1 Å². The Bertz CT molecular complexity index is 887. The van der Waals surface area contributed by atoms with Gasteiger partial charge in [-0.3, -0.25) is 0 Å². The molecule has 4 nitrogen and oxygen atoms in total. The van der Waals surface area contributed by atoms with Crippen molar-refractivity contribution in [1.82, 2.24) is 0 Å². The normalized spacial score (nSPS) is 11.7. The van der Waals surface area contributed by atoms with Crippen LogP contribution in [0.2, 0.25) is 0 Å². The number of nitrogens with two attached hydrogens (primary N) is 1. The fourth-order valence-corrected chi connectivity index (χ4v) is 2.39. The standard InChI is InChI=1S/C17H11F5N2O2/c1-26-15(25)13-12(16(18,19)17(20,21)22)7-10(11(8-23)14(13)24)9-5-3-2-4-6-9/h2-7H,24H2,1H3. The molecule has 0 aliphatic heterocycles.